The van der Waals surface area contributed by atoms with E-state index in [1.54, 1.807) is 12.1 Å². The summed E-state index contributed by atoms with van der Waals surface area (Å²) in [6.07, 6.45) is 3.79. The molecule has 0 aromatic heterocycles. The van der Waals surface area contributed by atoms with Crippen LogP contribution in [0.3, 0.4) is 0 Å². The van der Waals surface area contributed by atoms with Crippen LogP contribution < -0.4 is 0 Å². The molecular formula is C22H21NO3. The van der Waals surface area contributed by atoms with Crippen LogP contribution in [-0.4, -0.2) is 29.0 Å². The predicted molar refractivity (Wildman–Crippen MR) is 98.4 cm³/mol. The predicted octanol–water partition coefficient (Wildman–Crippen LogP) is 3.86. The third kappa shape index (κ3) is 2.85. The van der Waals surface area contributed by atoms with E-state index >= 15 is 0 Å². The van der Waals surface area contributed by atoms with E-state index in [0.29, 0.717) is 5.56 Å². The smallest absolute Gasteiger partial charge is 0.236 e. The van der Waals surface area contributed by atoms with E-state index in [1.807, 2.05) is 42.5 Å². The highest BCUT2D eigenvalue weighted by atomic mass is 16.2. The van der Waals surface area contributed by atoms with Crippen LogP contribution in [0.25, 0.3) is 11.1 Å². The molecule has 132 valence electrons. The first-order valence-electron chi connectivity index (χ1n) is 9.13. The van der Waals surface area contributed by atoms with Crippen molar-refractivity contribution in [1.82, 2.24) is 4.90 Å². The van der Waals surface area contributed by atoms with Crippen LogP contribution in [0.15, 0.2) is 54.6 Å². The summed E-state index contributed by atoms with van der Waals surface area (Å²) in [6, 6.07) is 17.3. The maximum Gasteiger partial charge on any atom is 0.236 e. The SMILES string of the molecule is O=C(CN1C(=O)CC2(CCCC2)C1=O)c1ccc(-c2ccccc2)cc1. The summed E-state index contributed by atoms with van der Waals surface area (Å²) in [4.78, 5) is 38.8. The number of carbonyl (C=O) groups excluding carboxylic acids is 3. The number of amides is 2. The Morgan fingerprint density at radius 2 is 1.50 bits per heavy atom. The average Bonchev–Trinajstić information content (AvgIpc) is 3.23. The van der Waals surface area contributed by atoms with Crippen LogP contribution in [0.1, 0.15) is 42.5 Å². The van der Waals surface area contributed by atoms with E-state index in [0.717, 1.165) is 36.8 Å². The molecule has 4 rings (SSSR count). The largest absolute Gasteiger partial charge is 0.292 e. The van der Waals surface area contributed by atoms with Crippen molar-refractivity contribution >= 4 is 17.6 Å². The van der Waals surface area contributed by atoms with Crippen LogP contribution in [0.4, 0.5) is 0 Å². The van der Waals surface area contributed by atoms with Crippen molar-refractivity contribution in [2.45, 2.75) is 32.1 Å². The molecule has 26 heavy (non-hydrogen) atoms. The molecule has 2 aromatic carbocycles. The minimum atomic E-state index is -0.519. The zero-order chi connectivity index (χ0) is 18.1. The van der Waals surface area contributed by atoms with E-state index in [4.69, 9.17) is 0 Å². The molecule has 0 N–H and O–H groups in total. The molecule has 4 nitrogen and oxygen atoms in total. The summed E-state index contributed by atoms with van der Waals surface area (Å²) in [5.74, 6) is -0.540. The summed E-state index contributed by atoms with van der Waals surface area (Å²) < 4.78 is 0. The summed E-state index contributed by atoms with van der Waals surface area (Å²) in [5.41, 5.74) is 2.12. The Morgan fingerprint density at radius 3 is 2.15 bits per heavy atom. The standard InChI is InChI=1S/C22H21NO3/c24-19(15-23-20(25)14-22(21(23)26)12-4-5-13-22)18-10-8-17(9-11-18)16-6-2-1-3-7-16/h1-3,6-11H,4-5,12-15H2. The molecule has 2 fully saturated rings. The molecule has 0 unspecified atom stereocenters. The second-order valence-corrected chi connectivity index (χ2v) is 7.32. The van der Waals surface area contributed by atoms with E-state index in [-0.39, 0.29) is 30.6 Å². The van der Waals surface area contributed by atoms with Crippen molar-refractivity contribution < 1.29 is 14.4 Å². The maximum atomic E-state index is 12.7. The summed E-state index contributed by atoms with van der Waals surface area (Å²) in [5, 5.41) is 0. The maximum absolute atomic E-state index is 12.7. The van der Waals surface area contributed by atoms with Crippen LogP contribution in [0.5, 0.6) is 0 Å². The molecule has 2 aromatic rings. The molecule has 1 saturated heterocycles. The second-order valence-electron chi connectivity index (χ2n) is 7.32. The van der Waals surface area contributed by atoms with Gasteiger partial charge in [-0.1, -0.05) is 67.4 Å². The zero-order valence-corrected chi connectivity index (χ0v) is 14.6. The number of hydrogen-bond donors (Lipinski definition) is 0. The summed E-state index contributed by atoms with van der Waals surface area (Å²) in [6.45, 7) is -0.149. The number of ketones is 1. The van der Waals surface area contributed by atoms with Gasteiger partial charge in [-0.2, -0.15) is 0 Å². The molecule has 0 radical (unpaired) electrons. The van der Waals surface area contributed by atoms with E-state index < -0.39 is 5.41 Å². The second kappa shape index (κ2) is 6.52. The zero-order valence-electron chi connectivity index (χ0n) is 14.6. The highest BCUT2D eigenvalue weighted by Gasteiger charge is 2.52. The summed E-state index contributed by atoms with van der Waals surface area (Å²) >= 11 is 0. The number of hydrogen-bond acceptors (Lipinski definition) is 3. The Kier molecular flexibility index (Phi) is 4.19. The first-order valence-corrected chi connectivity index (χ1v) is 9.13. The third-order valence-electron chi connectivity index (χ3n) is 5.67. The molecule has 0 bridgehead atoms. The van der Waals surface area contributed by atoms with Gasteiger partial charge in [0.25, 0.3) is 0 Å². The van der Waals surface area contributed by atoms with E-state index in [9.17, 15) is 14.4 Å². The number of imide groups is 1. The van der Waals surface area contributed by atoms with Gasteiger partial charge in [-0.25, -0.2) is 0 Å². The number of rotatable bonds is 4. The monoisotopic (exact) mass is 347 g/mol. The highest BCUT2D eigenvalue weighted by molar-refractivity contribution is 6.10. The van der Waals surface area contributed by atoms with Gasteiger partial charge in [-0.15, -0.1) is 0 Å². The van der Waals surface area contributed by atoms with Gasteiger partial charge in [0, 0.05) is 12.0 Å². The number of likely N-dealkylation sites (tertiary alicyclic amines) is 1. The molecule has 1 spiro atoms. The van der Waals surface area contributed by atoms with Crippen molar-refractivity contribution in [2.75, 3.05) is 6.54 Å². The number of Topliss-reactive ketones (excluding diaryl/α,β-unsaturated/α-hetero) is 1. The van der Waals surface area contributed by atoms with Gasteiger partial charge in [-0.3, -0.25) is 19.3 Å². The average molecular weight is 347 g/mol. The Hall–Kier alpha value is -2.75. The van der Waals surface area contributed by atoms with Crippen molar-refractivity contribution in [3.05, 3.63) is 60.2 Å². The molecule has 1 heterocycles. The van der Waals surface area contributed by atoms with E-state index in [2.05, 4.69) is 0 Å². The van der Waals surface area contributed by atoms with Gasteiger partial charge >= 0.3 is 0 Å². The number of benzene rings is 2. The van der Waals surface area contributed by atoms with Gasteiger partial charge in [0.05, 0.1) is 12.0 Å². The van der Waals surface area contributed by atoms with E-state index in [1.165, 1.54) is 4.90 Å². The van der Waals surface area contributed by atoms with Crippen molar-refractivity contribution in [3.63, 3.8) is 0 Å². The fourth-order valence-corrected chi connectivity index (χ4v) is 4.18. The first-order chi connectivity index (χ1) is 12.6. The third-order valence-corrected chi connectivity index (χ3v) is 5.67. The lowest BCUT2D eigenvalue weighted by molar-refractivity contribution is -0.140. The van der Waals surface area contributed by atoms with Gasteiger partial charge in [0.1, 0.15) is 0 Å². The normalized spacial score (nSPS) is 18.7. The molecule has 0 atom stereocenters. The summed E-state index contributed by atoms with van der Waals surface area (Å²) in [7, 11) is 0. The molecule has 4 heteroatoms. The lowest BCUT2D eigenvalue weighted by atomic mass is 9.84. The number of nitrogens with zero attached hydrogens (tertiary/aromatic N) is 1. The van der Waals surface area contributed by atoms with Gasteiger partial charge < -0.3 is 0 Å². The fraction of sp³-hybridized carbons (Fsp3) is 0.318. The molecular weight excluding hydrogens is 326 g/mol. The van der Waals surface area contributed by atoms with Crippen LogP contribution in [-0.2, 0) is 9.59 Å². The molecule has 1 aliphatic heterocycles. The fourth-order valence-electron chi connectivity index (χ4n) is 4.18. The minimum absolute atomic E-state index is 0.144. The topological polar surface area (TPSA) is 54.5 Å². The lowest BCUT2D eigenvalue weighted by Crippen LogP contribution is -2.38. The Bertz CT molecular complexity index is 849. The Balaban J connectivity index is 1.48. The van der Waals surface area contributed by atoms with Crippen molar-refractivity contribution in [1.29, 1.82) is 0 Å². The van der Waals surface area contributed by atoms with Gasteiger partial charge in [0.15, 0.2) is 5.78 Å². The quantitative estimate of drug-likeness (QED) is 0.623. The Morgan fingerprint density at radius 1 is 0.885 bits per heavy atom. The van der Waals surface area contributed by atoms with Crippen molar-refractivity contribution in [3.8, 4) is 11.1 Å². The highest BCUT2D eigenvalue weighted by Crippen LogP contribution is 2.46. The van der Waals surface area contributed by atoms with Gasteiger partial charge in [-0.05, 0) is 24.0 Å². The molecule has 2 aliphatic rings. The molecule has 1 saturated carbocycles. The van der Waals surface area contributed by atoms with Crippen LogP contribution in [0.2, 0.25) is 0 Å². The molecule has 1 aliphatic carbocycles. The lowest BCUT2D eigenvalue weighted by Gasteiger charge is -2.20. The van der Waals surface area contributed by atoms with Gasteiger partial charge in [0.2, 0.25) is 11.8 Å². The minimum Gasteiger partial charge on any atom is -0.292 e. The van der Waals surface area contributed by atoms with Crippen LogP contribution >= 0.6 is 0 Å². The van der Waals surface area contributed by atoms with Crippen molar-refractivity contribution in [2.24, 2.45) is 5.41 Å². The Labute approximate surface area is 152 Å². The molecule has 2 amide bonds. The number of carbonyl (C=O) groups is 3. The van der Waals surface area contributed by atoms with Crippen LogP contribution in [0, 0.1) is 5.41 Å². The first kappa shape index (κ1) is 16.7.